The highest BCUT2D eigenvalue weighted by Gasteiger charge is 2.14. The second-order valence-corrected chi connectivity index (χ2v) is 9.71. The van der Waals surface area contributed by atoms with Crippen molar-refractivity contribution >= 4 is 44.3 Å². The molecule has 2 rings (SSSR count). The summed E-state index contributed by atoms with van der Waals surface area (Å²) in [6.07, 6.45) is 5.76. The Morgan fingerprint density at radius 2 is 2.05 bits per heavy atom. The summed E-state index contributed by atoms with van der Waals surface area (Å²) >= 11 is 4.07. The van der Waals surface area contributed by atoms with Crippen molar-refractivity contribution in [2.24, 2.45) is 0 Å². The molecule has 0 bridgehead atoms. The Morgan fingerprint density at radius 3 is 2.68 bits per heavy atom. The van der Waals surface area contributed by atoms with E-state index in [-0.39, 0.29) is 4.21 Å². The quantitative estimate of drug-likeness (QED) is 0.808. The maximum Gasteiger partial charge on any atom is 0.186 e. The van der Waals surface area contributed by atoms with E-state index < -0.39 is 9.84 Å². The number of unbranched alkanes of at least 4 members (excludes halogenated alkanes) is 1. The second-order valence-electron chi connectivity index (χ2n) is 3.88. The van der Waals surface area contributed by atoms with Crippen molar-refractivity contribution < 1.29 is 8.42 Å². The lowest BCUT2D eigenvalue weighted by Gasteiger charge is -1.90. The number of aryl methyl sites for hydroxylation is 1. The van der Waals surface area contributed by atoms with Crippen LogP contribution >= 0.6 is 34.4 Å². The van der Waals surface area contributed by atoms with Crippen LogP contribution in [0.1, 0.15) is 24.8 Å². The van der Waals surface area contributed by atoms with E-state index in [0.717, 1.165) is 39.9 Å². The molecule has 0 unspecified atom stereocenters. The lowest BCUT2D eigenvalue weighted by molar-refractivity contribution is 0.603. The minimum absolute atomic E-state index is 0.283. The largest absolute Gasteiger partial charge is 0.236 e. The van der Waals surface area contributed by atoms with Gasteiger partial charge in [-0.25, -0.2) is 13.4 Å². The molecule has 0 fully saturated rings. The Labute approximate surface area is 124 Å². The van der Waals surface area contributed by atoms with Gasteiger partial charge in [0.15, 0.2) is 18.5 Å². The average Bonchev–Trinajstić information content (AvgIpc) is 2.95. The second kappa shape index (κ2) is 6.29. The zero-order chi connectivity index (χ0) is 13.9. The lowest BCUT2D eigenvalue weighted by Crippen LogP contribution is -1.91. The van der Waals surface area contributed by atoms with Crippen LogP contribution in [0.15, 0.2) is 19.1 Å². The van der Waals surface area contributed by atoms with Crippen molar-refractivity contribution in [2.45, 2.75) is 39.1 Å². The Kier molecular flexibility index (Phi) is 4.93. The highest BCUT2D eigenvalue weighted by atomic mass is 32.2. The summed E-state index contributed by atoms with van der Waals surface area (Å²) in [5.41, 5.74) is 0. The highest BCUT2D eigenvalue weighted by molar-refractivity contribution is 8.03. The third kappa shape index (κ3) is 4.23. The third-order valence-electron chi connectivity index (χ3n) is 2.20. The Hall–Kier alpha value is -0.510. The summed E-state index contributed by atoms with van der Waals surface area (Å²) in [6, 6.07) is 0. The van der Waals surface area contributed by atoms with Crippen LogP contribution in [0.4, 0.5) is 0 Å². The molecule has 0 aliphatic carbocycles. The van der Waals surface area contributed by atoms with Crippen LogP contribution in [-0.4, -0.2) is 29.9 Å². The van der Waals surface area contributed by atoms with Crippen molar-refractivity contribution in [3.8, 4) is 0 Å². The summed E-state index contributed by atoms with van der Waals surface area (Å²) < 4.78 is 24.5. The minimum atomic E-state index is -3.17. The average molecular weight is 336 g/mol. The van der Waals surface area contributed by atoms with E-state index in [9.17, 15) is 8.42 Å². The number of hydrogen-bond donors (Lipinski definition) is 0. The van der Waals surface area contributed by atoms with Crippen LogP contribution in [-0.2, 0) is 16.3 Å². The number of thiazole rings is 1. The number of rotatable bonds is 6. The monoisotopic (exact) mass is 335 g/mol. The van der Waals surface area contributed by atoms with Gasteiger partial charge in [-0.3, -0.25) is 0 Å². The standard InChI is InChI=1S/C10H13N3O2S4/c1-3-4-5-7-12-13-10(16-7)18-9-11-6-8(17-9)19(2,14)15/h6H,3-5H2,1-2H3. The zero-order valence-electron chi connectivity index (χ0n) is 10.5. The van der Waals surface area contributed by atoms with Gasteiger partial charge in [-0.2, -0.15) is 0 Å². The molecule has 0 N–H and O–H groups in total. The molecule has 0 atom stereocenters. The Balaban J connectivity index is 2.05. The fraction of sp³-hybridized carbons (Fsp3) is 0.500. The Bertz CT molecular complexity index is 647. The predicted octanol–water partition coefficient (Wildman–Crippen LogP) is 2.89. The molecule has 19 heavy (non-hydrogen) atoms. The maximum absolute atomic E-state index is 11.4. The fourth-order valence-electron chi connectivity index (χ4n) is 1.25. The third-order valence-corrected chi connectivity index (χ3v) is 7.09. The van der Waals surface area contributed by atoms with E-state index in [1.807, 2.05) is 0 Å². The first-order valence-electron chi connectivity index (χ1n) is 5.65. The van der Waals surface area contributed by atoms with Gasteiger partial charge < -0.3 is 0 Å². The van der Waals surface area contributed by atoms with Crippen LogP contribution in [0, 0.1) is 0 Å². The van der Waals surface area contributed by atoms with E-state index >= 15 is 0 Å². The summed E-state index contributed by atoms with van der Waals surface area (Å²) in [7, 11) is -3.17. The van der Waals surface area contributed by atoms with Crippen molar-refractivity contribution in [1.29, 1.82) is 0 Å². The van der Waals surface area contributed by atoms with Crippen LogP contribution in [0.2, 0.25) is 0 Å². The molecule has 2 aromatic rings. The molecule has 0 saturated heterocycles. The lowest BCUT2D eigenvalue weighted by atomic mass is 10.3. The zero-order valence-corrected chi connectivity index (χ0v) is 13.8. The normalized spacial score (nSPS) is 11.9. The molecule has 0 spiro atoms. The van der Waals surface area contributed by atoms with Crippen LogP contribution in [0.5, 0.6) is 0 Å². The molecule has 0 aliphatic heterocycles. The number of hydrogen-bond acceptors (Lipinski definition) is 8. The van der Waals surface area contributed by atoms with Gasteiger partial charge in [-0.15, -0.1) is 10.2 Å². The molecule has 2 aromatic heterocycles. The number of aromatic nitrogens is 3. The van der Waals surface area contributed by atoms with E-state index in [0.29, 0.717) is 4.34 Å². The van der Waals surface area contributed by atoms with Crippen LogP contribution in [0.25, 0.3) is 0 Å². The van der Waals surface area contributed by atoms with Gasteiger partial charge in [0.2, 0.25) is 0 Å². The molecule has 0 aromatic carbocycles. The molecular formula is C10H13N3O2S4. The van der Waals surface area contributed by atoms with E-state index in [1.54, 1.807) is 11.3 Å². The topological polar surface area (TPSA) is 72.8 Å². The smallest absolute Gasteiger partial charge is 0.186 e. The molecule has 0 amide bonds. The van der Waals surface area contributed by atoms with Crippen molar-refractivity contribution in [3.05, 3.63) is 11.2 Å². The van der Waals surface area contributed by atoms with E-state index in [1.165, 1.54) is 24.2 Å². The highest BCUT2D eigenvalue weighted by Crippen LogP contribution is 2.34. The first-order valence-corrected chi connectivity index (χ1v) is 9.99. The van der Waals surface area contributed by atoms with Gasteiger partial charge in [0.1, 0.15) is 9.22 Å². The van der Waals surface area contributed by atoms with Crippen molar-refractivity contribution in [1.82, 2.24) is 15.2 Å². The molecular weight excluding hydrogens is 322 g/mol. The molecule has 0 aliphatic rings. The molecule has 104 valence electrons. The van der Waals surface area contributed by atoms with Gasteiger partial charge in [-0.05, 0) is 18.2 Å². The van der Waals surface area contributed by atoms with E-state index in [2.05, 4.69) is 22.1 Å². The van der Waals surface area contributed by atoms with Gasteiger partial charge in [0.25, 0.3) is 0 Å². The summed E-state index contributed by atoms with van der Waals surface area (Å²) in [6.45, 7) is 2.14. The fourth-order valence-corrected chi connectivity index (χ4v) is 5.34. The van der Waals surface area contributed by atoms with Crippen molar-refractivity contribution in [2.75, 3.05) is 6.26 Å². The van der Waals surface area contributed by atoms with Crippen molar-refractivity contribution in [3.63, 3.8) is 0 Å². The van der Waals surface area contributed by atoms with Gasteiger partial charge in [0, 0.05) is 12.7 Å². The van der Waals surface area contributed by atoms with Crippen LogP contribution in [0.3, 0.4) is 0 Å². The maximum atomic E-state index is 11.4. The molecule has 2 heterocycles. The van der Waals surface area contributed by atoms with Gasteiger partial charge in [-0.1, -0.05) is 36.0 Å². The summed E-state index contributed by atoms with van der Waals surface area (Å²) in [4.78, 5) is 4.09. The molecule has 0 saturated carbocycles. The molecule has 9 heteroatoms. The number of nitrogens with zero attached hydrogens (tertiary/aromatic N) is 3. The summed E-state index contributed by atoms with van der Waals surface area (Å²) in [5.74, 6) is 0. The van der Waals surface area contributed by atoms with Gasteiger partial charge in [0.05, 0.1) is 6.20 Å². The SMILES string of the molecule is CCCCc1nnc(Sc2ncc(S(C)(=O)=O)s2)s1. The molecule has 5 nitrogen and oxygen atoms in total. The van der Waals surface area contributed by atoms with Crippen LogP contribution < -0.4 is 0 Å². The Morgan fingerprint density at radius 1 is 1.26 bits per heavy atom. The predicted molar refractivity (Wildman–Crippen MR) is 77.9 cm³/mol. The first kappa shape index (κ1) is 14.9. The molecule has 0 radical (unpaired) electrons. The van der Waals surface area contributed by atoms with Gasteiger partial charge >= 0.3 is 0 Å². The number of sulfone groups is 1. The van der Waals surface area contributed by atoms with E-state index in [4.69, 9.17) is 0 Å². The minimum Gasteiger partial charge on any atom is -0.236 e. The summed E-state index contributed by atoms with van der Waals surface area (Å²) in [5, 5.41) is 9.21. The first-order chi connectivity index (χ1) is 8.99.